The third kappa shape index (κ3) is 5.82. The van der Waals surface area contributed by atoms with Gasteiger partial charge in [0, 0.05) is 6.42 Å². The second-order valence-corrected chi connectivity index (χ2v) is 2.55. The predicted molar refractivity (Wildman–Crippen MR) is 42.7 cm³/mol. The first-order valence-electron chi connectivity index (χ1n) is 3.81. The Balaban J connectivity index is 3.40. The maximum Gasteiger partial charge on any atom is 0.220 e. The lowest BCUT2D eigenvalue weighted by atomic mass is 10.3. The molecule has 4 heteroatoms. The number of carbonyl (C=O) groups excluding carboxylic acids is 1. The van der Waals surface area contributed by atoms with Gasteiger partial charge in [-0.2, -0.15) is 0 Å². The van der Waals surface area contributed by atoms with Crippen LogP contribution in [0.2, 0.25) is 0 Å². The Kier molecular flexibility index (Phi) is 5.78. The van der Waals surface area contributed by atoms with Crippen LogP contribution in [-0.4, -0.2) is 18.6 Å². The molecule has 1 atom stereocenters. The highest BCUT2D eigenvalue weighted by Crippen LogP contribution is 1.88. The molecule has 66 valence electrons. The summed E-state index contributed by atoms with van der Waals surface area (Å²) in [5.41, 5.74) is 0. The van der Waals surface area contributed by atoms with Gasteiger partial charge in [-0.1, -0.05) is 6.92 Å². The highest BCUT2D eigenvalue weighted by atomic mass is 16.6. The van der Waals surface area contributed by atoms with E-state index in [1.807, 2.05) is 13.8 Å². The van der Waals surface area contributed by atoms with E-state index in [2.05, 4.69) is 10.2 Å². The van der Waals surface area contributed by atoms with Crippen LogP contribution in [0.25, 0.3) is 0 Å². The van der Waals surface area contributed by atoms with Crippen molar-refractivity contribution in [3.05, 3.63) is 0 Å². The number of hydrogen-bond donors (Lipinski definition) is 2. The molecular weight excluding hydrogens is 144 g/mol. The molecule has 0 aromatic heterocycles. The summed E-state index contributed by atoms with van der Waals surface area (Å²) < 4.78 is 0. The van der Waals surface area contributed by atoms with Crippen LogP contribution in [0.3, 0.4) is 0 Å². The molecule has 0 saturated carbocycles. The Morgan fingerprint density at radius 1 is 1.73 bits per heavy atom. The SMILES string of the molecule is CCCC(=O)NC(C)CON. The van der Waals surface area contributed by atoms with Crippen molar-refractivity contribution in [3.8, 4) is 0 Å². The fourth-order valence-electron chi connectivity index (χ4n) is 0.760. The van der Waals surface area contributed by atoms with Gasteiger partial charge in [0.25, 0.3) is 0 Å². The van der Waals surface area contributed by atoms with Crippen molar-refractivity contribution in [3.63, 3.8) is 0 Å². The summed E-state index contributed by atoms with van der Waals surface area (Å²) >= 11 is 0. The smallest absolute Gasteiger partial charge is 0.220 e. The Hall–Kier alpha value is -0.610. The molecule has 3 N–H and O–H groups in total. The van der Waals surface area contributed by atoms with E-state index < -0.39 is 0 Å². The highest BCUT2D eigenvalue weighted by Gasteiger charge is 2.04. The maximum absolute atomic E-state index is 10.9. The molecule has 4 nitrogen and oxygen atoms in total. The third-order valence-corrected chi connectivity index (χ3v) is 1.23. The van der Waals surface area contributed by atoms with Crippen LogP contribution in [0.15, 0.2) is 0 Å². The van der Waals surface area contributed by atoms with Gasteiger partial charge in [0.05, 0.1) is 12.6 Å². The Labute approximate surface area is 67.0 Å². The first-order chi connectivity index (χ1) is 5.20. The van der Waals surface area contributed by atoms with Crippen LogP contribution in [0.4, 0.5) is 0 Å². The largest absolute Gasteiger partial charge is 0.351 e. The average Bonchev–Trinajstić information content (AvgIpc) is 1.87. The molecule has 0 saturated heterocycles. The standard InChI is InChI=1S/C7H16N2O2/c1-3-4-7(10)9-6(2)5-11-8/h6H,3-5,8H2,1-2H3,(H,9,10). The summed E-state index contributed by atoms with van der Waals surface area (Å²) in [7, 11) is 0. The van der Waals surface area contributed by atoms with Crippen LogP contribution in [0, 0.1) is 0 Å². The van der Waals surface area contributed by atoms with Crippen molar-refractivity contribution in [2.75, 3.05) is 6.61 Å². The van der Waals surface area contributed by atoms with Crippen molar-refractivity contribution in [1.29, 1.82) is 0 Å². The van der Waals surface area contributed by atoms with Crippen LogP contribution in [-0.2, 0) is 9.63 Å². The molecule has 0 heterocycles. The molecule has 0 aliphatic carbocycles. The molecule has 0 rings (SSSR count). The van der Waals surface area contributed by atoms with E-state index in [1.54, 1.807) is 0 Å². The normalized spacial score (nSPS) is 12.6. The molecule has 0 radical (unpaired) electrons. The molecule has 0 bridgehead atoms. The number of amides is 1. The summed E-state index contributed by atoms with van der Waals surface area (Å²) in [4.78, 5) is 15.3. The van der Waals surface area contributed by atoms with Gasteiger partial charge in [0.15, 0.2) is 0 Å². The van der Waals surface area contributed by atoms with E-state index in [9.17, 15) is 4.79 Å². The van der Waals surface area contributed by atoms with Crippen molar-refractivity contribution in [2.45, 2.75) is 32.7 Å². The predicted octanol–water partition coefficient (Wildman–Crippen LogP) is 0.182. The summed E-state index contributed by atoms with van der Waals surface area (Å²) in [5.74, 6) is 4.88. The molecule has 0 aliphatic heterocycles. The molecule has 0 aromatic carbocycles. The molecule has 0 spiro atoms. The fourth-order valence-corrected chi connectivity index (χ4v) is 0.760. The van der Waals surface area contributed by atoms with Gasteiger partial charge < -0.3 is 10.2 Å². The van der Waals surface area contributed by atoms with Crippen LogP contribution in [0.5, 0.6) is 0 Å². The maximum atomic E-state index is 10.9. The topological polar surface area (TPSA) is 64.3 Å². The lowest BCUT2D eigenvalue weighted by Crippen LogP contribution is -2.36. The van der Waals surface area contributed by atoms with Crippen molar-refractivity contribution in [1.82, 2.24) is 5.32 Å². The zero-order valence-electron chi connectivity index (χ0n) is 7.09. The summed E-state index contributed by atoms with van der Waals surface area (Å²) in [6.07, 6.45) is 1.43. The van der Waals surface area contributed by atoms with Crippen molar-refractivity contribution < 1.29 is 9.63 Å². The van der Waals surface area contributed by atoms with Gasteiger partial charge in [0.1, 0.15) is 0 Å². The van der Waals surface area contributed by atoms with Crippen molar-refractivity contribution >= 4 is 5.91 Å². The van der Waals surface area contributed by atoms with Crippen LogP contribution < -0.4 is 11.2 Å². The van der Waals surface area contributed by atoms with E-state index in [1.165, 1.54) is 0 Å². The fraction of sp³-hybridized carbons (Fsp3) is 0.857. The lowest BCUT2D eigenvalue weighted by Gasteiger charge is -2.11. The quantitative estimate of drug-likeness (QED) is 0.564. The Morgan fingerprint density at radius 3 is 2.82 bits per heavy atom. The Morgan fingerprint density at radius 2 is 2.36 bits per heavy atom. The van der Waals surface area contributed by atoms with E-state index in [-0.39, 0.29) is 11.9 Å². The van der Waals surface area contributed by atoms with E-state index >= 15 is 0 Å². The van der Waals surface area contributed by atoms with Gasteiger partial charge in [-0.05, 0) is 13.3 Å². The minimum atomic E-state index is -0.000880. The number of nitrogens with two attached hydrogens (primary N) is 1. The Bertz CT molecular complexity index is 117. The molecule has 1 amide bonds. The van der Waals surface area contributed by atoms with Gasteiger partial charge in [-0.15, -0.1) is 0 Å². The zero-order chi connectivity index (χ0) is 8.69. The number of nitrogens with one attached hydrogen (secondary N) is 1. The average molecular weight is 160 g/mol. The summed E-state index contributed by atoms with van der Waals surface area (Å²) in [6, 6.07) is -0.000880. The molecule has 1 unspecified atom stereocenters. The number of hydrogen-bond acceptors (Lipinski definition) is 3. The first-order valence-corrected chi connectivity index (χ1v) is 3.81. The zero-order valence-corrected chi connectivity index (χ0v) is 7.09. The first kappa shape index (κ1) is 10.4. The monoisotopic (exact) mass is 160 g/mol. The van der Waals surface area contributed by atoms with Gasteiger partial charge in [0.2, 0.25) is 5.91 Å². The summed E-state index contributed by atoms with van der Waals surface area (Å²) in [5, 5.41) is 2.74. The molecular formula is C7H16N2O2. The highest BCUT2D eigenvalue weighted by molar-refractivity contribution is 5.76. The molecule has 0 aromatic rings. The van der Waals surface area contributed by atoms with E-state index in [4.69, 9.17) is 5.90 Å². The summed E-state index contributed by atoms with van der Waals surface area (Å²) in [6.45, 7) is 4.17. The van der Waals surface area contributed by atoms with Crippen LogP contribution in [0.1, 0.15) is 26.7 Å². The molecule has 11 heavy (non-hydrogen) atoms. The van der Waals surface area contributed by atoms with Gasteiger partial charge >= 0.3 is 0 Å². The minimum Gasteiger partial charge on any atom is -0.351 e. The van der Waals surface area contributed by atoms with E-state index in [0.717, 1.165) is 6.42 Å². The second-order valence-electron chi connectivity index (χ2n) is 2.55. The van der Waals surface area contributed by atoms with Crippen LogP contribution >= 0.6 is 0 Å². The number of carbonyl (C=O) groups is 1. The molecule has 0 fully saturated rings. The number of rotatable bonds is 5. The third-order valence-electron chi connectivity index (χ3n) is 1.23. The van der Waals surface area contributed by atoms with Crippen molar-refractivity contribution in [2.24, 2.45) is 5.90 Å². The lowest BCUT2D eigenvalue weighted by molar-refractivity contribution is -0.122. The van der Waals surface area contributed by atoms with Gasteiger partial charge in [-0.25, -0.2) is 5.90 Å². The minimum absolute atomic E-state index is 0.000880. The van der Waals surface area contributed by atoms with E-state index in [0.29, 0.717) is 13.0 Å². The van der Waals surface area contributed by atoms with Gasteiger partial charge in [-0.3, -0.25) is 4.79 Å². The second kappa shape index (κ2) is 6.12. The molecule has 0 aliphatic rings.